The van der Waals surface area contributed by atoms with Crippen molar-refractivity contribution in [2.75, 3.05) is 6.54 Å². The maximum absolute atomic E-state index is 3.80. The van der Waals surface area contributed by atoms with Crippen molar-refractivity contribution in [1.29, 1.82) is 0 Å². The van der Waals surface area contributed by atoms with E-state index in [1.54, 1.807) is 0 Å². The molecule has 0 amide bonds. The fraction of sp³-hybridized carbons (Fsp3) is 0.750. The smallest absolute Gasteiger partial charge is 0.0704 e. The van der Waals surface area contributed by atoms with Gasteiger partial charge in [0, 0.05) is 10.9 Å². The molecule has 108 valence electrons. The number of thiophene rings is 1. The van der Waals surface area contributed by atoms with Crippen LogP contribution in [0, 0.1) is 23.7 Å². The van der Waals surface area contributed by atoms with Crippen LogP contribution in [0.25, 0.3) is 0 Å². The first-order valence-corrected chi connectivity index (χ1v) is 8.83. The Balaban J connectivity index is 2.31. The number of halogens is 1. The second kappa shape index (κ2) is 5.16. The fourth-order valence-corrected chi connectivity index (χ4v) is 5.31. The summed E-state index contributed by atoms with van der Waals surface area (Å²) in [6.07, 6.45) is 1.19. The largest absolute Gasteiger partial charge is 0.310 e. The van der Waals surface area contributed by atoms with Gasteiger partial charge in [-0.2, -0.15) is 0 Å². The van der Waals surface area contributed by atoms with E-state index in [-0.39, 0.29) is 0 Å². The lowest BCUT2D eigenvalue weighted by molar-refractivity contribution is 0.409. The van der Waals surface area contributed by atoms with Crippen molar-refractivity contribution < 1.29 is 0 Å². The van der Waals surface area contributed by atoms with Crippen LogP contribution in [0.4, 0.5) is 0 Å². The predicted octanol–water partition coefficient (Wildman–Crippen LogP) is 5.54. The Kier molecular flexibility index (Phi) is 4.22. The minimum atomic E-state index is 0.416. The Morgan fingerprint density at radius 1 is 1.32 bits per heavy atom. The molecule has 19 heavy (non-hydrogen) atoms. The summed E-state index contributed by atoms with van der Waals surface area (Å²) in [5.41, 5.74) is 2.33. The van der Waals surface area contributed by atoms with Crippen LogP contribution >= 0.6 is 27.3 Å². The number of aryl methyl sites for hydroxylation is 1. The first-order chi connectivity index (χ1) is 8.73. The van der Waals surface area contributed by atoms with Gasteiger partial charge in [0.15, 0.2) is 0 Å². The van der Waals surface area contributed by atoms with E-state index in [4.69, 9.17) is 0 Å². The molecule has 1 nitrogen and oxygen atoms in total. The number of rotatable bonds is 5. The predicted molar refractivity (Wildman–Crippen MR) is 88.8 cm³/mol. The van der Waals surface area contributed by atoms with Crippen LogP contribution in [0.3, 0.4) is 0 Å². The van der Waals surface area contributed by atoms with Crippen LogP contribution in [0.15, 0.2) is 9.85 Å². The van der Waals surface area contributed by atoms with E-state index in [1.165, 1.54) is 20.6 Å². The molecule has 1 aromatic heterocycles. The first-order valence-electron chi connectivity index (χ1n) is 7.22. The zero-order chi connectivity index (χ0) is 14.4. The van der Waals surface area contributed by atoms with Crippen LogP contribution < -0.4 is 5.32 Å². The molecule has 0 aliphatic heterocycles. The van der Waals surface area contributed by atoms with Crippen LogP contribution in [0.5, 0.6) is 0 Å². The molecule has 0 spiro atoms. The second-order valence-corrected chi connectivity index (χ2v) is 9.55. The van der Waals surface area contributed by atoms with Crippen molar-refractivity contribution in [1.82, 2.24) is 5.32 Å². The molecule has 0 bridgehead atoms. The minimum Gasteiger partial charge on any atom is -0.310 e. The topological polar surface area (TPSA) is 12.0 Å². The van der Waals surface area contributed by atoms with Gasteiger partial charge in [-0.25, -0.2) is 0 Å². The zero-order valence-electron chi connectivity index (χ0n) is 12.9. The average Bonchev–Trinajstić information content (AvgIpc) is 2.56. The molecule has 1 aliphatic carbocycles. The van der Waals surface area contributed by atoms with Crippen molar-refractivity contribution in [3.63, 3.8) is 0 Å². The third-order valence-corrected chi connectivity index (χ3v) is 6.91. The molecule has 1 heterocycles. The van der Waals surface area contributed by atoms with Crippen LogP contribution in [-0.4, -0.2) is 6.54 Å². The number of nitrogens with one attached hydrogen (secondary N) is 1. The maximum Gasteiger partial charge on any atom is 0.0704 e. The van der Waals surface area contributed by atoms with Crippen molar-refractivity contribution in [3.05, 3.63) is 20.3 Å². The van der Waals surface area contributed by atoms with E-state index >= 15 is 0 Å². The second-order valence-electron chi connectivity index (χ2n) is 6.91. The zero-order valence-corrected chi connectivity index (χ0v) is 15.3. The normalized spacial score (nSPS) is 22.5. The fourth-order valence-electron chi connectivity index (χ4n) is 3.56. The molecule has 2 rings (SSSR count). The van der Waals surface area contributed by atoms with E-state index in [0.717, 1.165) is 6.54 Å². The molecule has 1 unspecified atom stereocenters. The van der Waals surface area contributed by atoms with Crippen molar-refractivity contribution in [3.8, 4) is 0 Å². The van der Waals surface area contributed by atoms with Gasteiger partial charge < -0.3 is 5.32 Å². The van der Waals surface area contributed by atoms with E-state index in [1.807, 2.05) is 11.3 Å². The Morgan fingerprint density at radius 2 is 1.89 bits per heavy atom. The molecule has 0 radical (unpaired) electrons. The van der Waals surface area contributed by atoms with Crippen molar-refractivity contribution in [2.45, 2.75) is 54.0 Å². The Hall–Kier alpha value is 0.140. The molecular formula is C16H26BrNS. The quantitative estimate of drug-likeness (QED) is 0.739. The maximum atomic E-state index is 3.80. The molecule has 1 N–H and O–H groups in total. The Morgan fingerprint density at radius 3 is 2.26 bits per heavy atom. The van der Waals surface area contributed by atoms with Gasteiger partial charge in [0.1, 0.15) is 0 Å². The summed E-state index contributed by atoms with van der Waals surface area (Å²) in [5.74, 6) is 0.715. The standard InChI is InChI=1S/C16H26BrNS/c1-7-8-18-13(11-9-12(17)19-10(11)2)14-15(3,4)16(14,5)6/h9,13-14,18H,7-8H2,1-6H3. The highest BCUT2D eigenvalue weighted by atomic mass is 79.9. The summed E-state index contributed by atoms with van der Waals surface area (Å²) in [6.45, 7) is 15.2. The highest BCUT2D eigenvalue weighted by Crippen LogP contribution is 2.72. The van der Waals surface area contributed by atoms with E-state index in [9.17, 15) is 0 Å². The van der Waals surface area contributed by atoms with Gasteiger partial charge in [-0.05, 0) is 64.2 Å². The summed E-state index contributed by atoms with van der Waals surface area (Å²) in [4.78, 5) is 1.44. The third kappa shape index (κ3) is 2.54. The lowest BCUT2D eigenvalue weighted by Gasteiger charge is -2.21. The SMILES string of the molecule is CCCNC(c1cc(Br)sc1C)C1C(C)(C)C1(C)C. The molecule has 0 saturated heterocycles. The summed E-state index contributed by atoms with van der Waals surface area (Å²) >= 11 is 5.49. The molecule has 0 aromatic carbocycles. The van der Waals surface area contributed by atoms with E-state index < -0.39 is 0 Å². The molecule has 1 fully saturated rings. The van der Waals surface area contributed by atoms with Crippen molar-refractivity contribution in [2.24, 2.45) is 16.7 Å². The van der Waals surface area contributed by atoms with Crippen LogP contribution in [-0.2, 0) is 0 Å². The van der Waals surface area contributed by atoms with Crippen molar-refractivity contribution >= 4 is 27.3 Å². The summed E-state index contributed by atoms with van der Waals surface area (Å²) in [7, 11) is 0. The highest BCUT2D eigenvalue weighted by Gasteiger charge is 2.67. The first kappa shape index (κ1) is 15.5. The molecule has 1 aromatic rings. The Labute approximate surface area is 130 Å². The van der Waals surface area contributed by atoms with Gasteiger partial charge in [0.2, 0.25) is 0 Å². The molecular weight excluding hydrogens is 318 g/mol. The summed E-state index contributed by atoms with van der Waals surface area (Å²) in [5, 5.41) is 3.80. The number of hydrogen-bond acceptors (Lipinski definition) is 2. The third-order valence-electron chi connectivity index (χ3n) is 5.34. The molecule has 1 aliphatic rings. The molecule has 3 heteroatoms. The Bertz CT molecular complexity index is 447. The van der Waals surface area contributed by atoms with Crippen LogP contribution in [0.2, 0.25) is 0 Å². The average molecular weight is 344 g/mol. The van der Waals surface area contributed by atoms with Gasteiger partial charge in [0.25, 0.3) is 0 Å². The summed E-state index contributed by atoms with van der Waals surface area (Å²) in [6, 6.07) is 2.81. The van der Waals surface area contributed by atoms with Gasteiger partial charge in [0.05, 0.1) is 3.79 Å². The van der Waals surface area contributed by atoms with E-state index in [0.29, 0.717) is 22.8 Å². The highest BCUT2D eigenvalue weighted by molar-refractivity contribution is 9.11. The van der Waals surface area contributed by atoms with Gasteiger partial charge >= 0.3 is 0 Å². The molecule has 1 saturated carbocycles. The lowest BCUT2D eigenvalue weighted by atomic mass is 9.97. The van der Waals surface area contributed by atoms with Gasteiger partial charge in [-0.3, -0.25) is 0 Å². The summed E-state index contributed by atoms with van der Waals surface area (Å²) < 4.78 is 1.25. The monoisotopic (exact) mass is 343 g/mol. The number of hydrogen-bond donors (Lipinski definition) is 1. The van der Waals surface area contributed by atoms with E-state index in [2.05, 4.69) is 68.9 Å². The minimum absolute atomic E-state index is 0.416. The van der Waals surface area contributed by atoms with Crippen LogP contribution in [0.1, 0.15) is 57.5 Å². The van der Waals surface area contributed by atoms with Gasteiger partial charge in [-0.1, -0.05) is 34.6 Å². The lowest BCUT2D eigenvalue weighted by Crippen LogP contribution is -2.26. The molecule has 1 atom stereocenters. The van der Waals surface area contributed by atoms with Gasteiger partial charge in [-0.15, -0.1) is 11.3 Å².